The number of nitro groups is 1. The number of aromatic nitrogens is 3. The van der Waals surface area contributed by atoms with Gasteiger partial charge in [-0.3, -0.25) is 14.8 Å². The minimum absolute atomic E-state index is 0.0663. The van der Waals surface area contributed by atoms with Gasteiger partial charge in [-0.15, -0.1) is 0 Å². The lowest BCUT2D eigenvalue weighted by Gasteiger charge is -2.02. The highest BCUT2D eigenvalue weighted by Crippen LogP contribution is 2.37. The largest absolute Gasteiger partial charge is 0.360 e. The predicted octanol–water partition coefficient (Wildman–Crippen LogP) is 3.09. The maximum absolute atomic E-state index is 11.3. The molecule has 20 heavy (non-hydrogen) atoms. The fraction of sp³-hybridized carbons (Fsp3) is 0.214. The van der Waals surface area contributed by atoms with Gasteiger partial charge in [-0.05, 0) is 25.5 Å². The molecule has 102 valence electrons. The third kappa shape index (κ3) is 1.61. The first-order chi connectivity index (χ1) is 9.50. The van der Waals surface area contributed by atoms with E-state index in [1.54, 1.807) is 24.9 Å². The van der Waals surface area contributed by atoms with Gasteiger partial charge in [0.05, 0.1) is 4.92 Å². The van der Waals surface area contributed by atoms with Gasteiger partial charge in [0.25, 0.3) is 0 Å². The van der Waals surface area contributed by atoms with E-state index in [4.69, 9.17) is 0 Å². The van der Waals surface area contributed by atoms with E-state index in [0.29, 0.717) is 11.4 Å². The molecule has 0 unspecified atom stereocenters. The molecule has 1 N–H and O–H groups in total. The van der Waals surface area contributed by atoms with Crippen LogP contribution in [0.1, 0.15) is 11.3 Å². The zero-order valence-corrected chi connectivity index (χ0v) is 11.5. The summed E-state index contributed by atoms with van der Waals surface area (Å²) in [4.78, 5) is 14.1. The normalized spacial score (nSPS) is 11.2. The summed E-state index contributed by atoms with van der Waals surface area (Å²) in [6, 6.07) is 5.91. The number of aromatic amines is 1. The van der Waals surface area contributed by atoms with Gasteiger partial charge in [-0.2, -0.15) is 5.10 Å². The first kappa shape index (κ1) is 12.4. The molecule has 1 aromatic carbocycles. The molecule has 0 radical (unpaired) electrons. The number of H-pyrrole nitrogens is 1. The van der Waals surface area contributed by atoms with E-state index in [9.17, 15) is 10.1 Å². The van der Waals surface area contributed by atoms with Crippen molar-refractivity contribution >= 4 is 16.6 Å². The van der Waals surface area contributed by atoms with Crippen LogP contribution < -0.4 is 0 Å². The first-order valence-electron chi connectivity index (χ1n) is 6.25. The average molecular weight is 270 g/mol. The third-order valence-electron chi connectivity index (χ3n) is 3.54. The van der Waals surface area contributed by atoms with Crippen LogP contribution in [0, 0.1) is 24.0 Å². The maximum atomic E-state index is 11.3. The maximum Gasteiger partial charge on any atom is 0.317 e. The molecule has 0 bridgehead atoms. The van der Waals surface area contributed by atoms with Crippen molar-refractivity contribution in [2.75, 3.05) is 0 Å². The van der Waals surface area contributed by atoms with Crippen LogP contribution in [0.2, 0.25) is 0 Å². The van der Waals surface area contributed by atoms with E-state index in [2.05, 4.69) is 10.1 Å². The minimum Gasteiger partial charge on any atom is -0.360 e. The third-order valence-corrected chi connectivity index (χ3v) is 3.54. The zero-order valence-electron chi connectivity index (χ0n) is 11.5. The molecule has 0 saturated carbocycles. The number of hydrogen-bond donors (Lipinski definition) is 1. The SMILES string of the molecule is Cc1nn(C)c(-c2c[nH]c3cccc(C)c23)c1[N+](=O)[O-]. The summed E-state index contributed by atoms with van der Waals surface area (Å²) in [5.74, 6) is 0. The van der Waals surface area contributed by atoms with E-state index in [-0.39, 0.29) is 10.6 Å². The van der Waals surface area contributed by atoms with Crippen molar-refractivity contribution in [2.24, 2.45) is 7.05 Å². The molecule has 2 heterocycles. The molecule has 0 aliphatic heterocycles. The van der Waals surface area contributed by atoms with E-state index < -0.39 is 0 Å². The Morgan fingerprint density at radius 2 is 2.10 bits per heavy atom. The molecular formula is C14H14N4O2. The van der Waals surface area contributed by atoms with Gasteiger partial charge < -0.3 is 4.98 Å². The molecule has 3 aromatic rings. The van der Waals surface area contributed by atoms with Crippen molar-refractivity contribution < 1.29 is 4.92 Å². The van der Waals surface area contributed by atoms with Gasteiger partial charge in [0.15, 0.2) is 0 Å². The average Bonchev–Trinajstić information content (AvgIpc) is 2.90. The van der Waals surface area contributed by atoms with Gasteiger partial charge in [0, 0.05) is 29.7 Å². The van der Waals surface area contributed by atoms with Gasteiger partial charge in [-0.1, -0.05) is 12.1 Å². The number of rotatable bonds is 2. The Morgan fingerprint density at radius 3 is 2.80 bits per heavy atom. The van der Waals surface area contributed by atoms with Crippen LogP contribution in [0.25, 0.3) is 22.2 Å². The Hall–Kier alpha value is -2.63. The summed E-state index contributed by atoms with van der Waals surface area (Å²) in [5, 5.41) is 16.5. The van der Waals surface area contributed by atoms with Crippen molar-refractivity contribution in [1.82, 2.24) is 14.8 Å². The van der Waals surface area contributed by atoms with Crippen molar-refractivity contribution in [3.8, 4) is 11.3 Å². The smallest absolute Gasteiger partial charge is 0.317 e. The standard InChI is InChI=1S/C14H14N4O2/c1-8-5-4-6-11-12(8)10(7-15-11)14-13(18(19)20)9(2)16-17(14)3/h4-7,15H,1-3H3. The summed E-state index contributed by atoms with van der Waals surface area (Å²) in [6.07, 6.45) is 1.81. The van der Waals surface area contributed by atoms with Crippen molar-refractivity contribution in [1.29, 1.82) is 0 Å². The number of fused-ring (bicyclic) bond motifs is 1. The summed E-state index contributed by atoms with van der Waals surface area (Å²) in [5.41, 5.74) is 3.88. The molecule has 0 amide bonds. The molecule has 3 rings (SSSR count). The van der Waals surface area contributed by atoms with Crippen molar-refractivity contribution in [3.05, 3.63) is 45.8 Å². The van der Waals surface area contributed by atoms with Crippen molar-refractivity contribution in [2.45, 2.75) is 13.8 Å². The highest BCUT2D eigenvalue weighted by Gasteiger charge is 2.27. The molecule has 2 aromatic heterocycles. The van der Waals surface area contributed by atoms with Crippen molar-refractivity contribution in [3.63, 3.8) is 0 Å². The van der Waals surface area contributed by atoms with Crippen LogP contribution in [0.3, 0.4) is 0 Å². The van der Waals surface area contributed by atoms with E-state index >= 15 is 0 Å². The number of nitrogens with zero attached hydrogens (tertiary/aromatic N) is 3. The molecule has 0 spiro atoms. The Labute approximate surface area is 115 Å². The lowest BCUT2D eigenvalue weighted by molar-refractivity contribution is -0.384. The Morgan fingerprint density at radius 1 is 1.35 bits per heavy atom. The number of aryl methyl sites for hydroxylation is 3. The van der Waals surface area contributed by atoms with Gasteiger partial charge >= 0.3 is 5.69 Å². The summed E-state index contributed by atoms with van der Waals surface area (Å²) in [7, 11) is 1.73. The van der Waals surface area contributed by atoms with Gasteiger partial charge in [0.1, 0.15) is 11.4 Å². The fourth-order valence-electron chi connectivity index (χ4n) is 2.72. The number of nitrogens with one attached hydrogen (secondary N) is 1. The van der Waals surface area contributed by atoms with E-state index in [0.717, 1.165) is 22.0 Å². The van der Waals surface area contributed by atoms with Crippen LogP contribution in [-0.4, -0.2) is 19.7 Å². The van der Waals surface area contributed by atoms with Crippen LogP contribution in [0.15, 0.2) is 24.4 Å². The highest BCUT2D eigenvalue weighted by molar-refractivity contribution is 5.99. The fourth-order valence-corrected chi connectivity index (χ4v) is 2.72. The molecule has 0 fully saturated rings. The Balaban J connectivity index is 2.40. The molecule has 0 saturated heterocycles. The quantitative estimate of drug-likeness (QED) is 0.574. The van der Waals surface area contributed by atoms with Crippen LogP contribution in [-0.2, 0) is 7.05 Å². The van der Waals surface area contributed by atoms with Gasteiger partial charge in [0.2, 0.25) is 0 Å². The zero-order chi connectivity index (χ0) is 14.4. The molecule has 0 aliphatic rings. The van der Waals surface area contributed by atoms with E-state index in [1.165, 1.54) is 0 Å². The van der Waals surface area contributed by atoms with E-state index in [1.807, 2.05) is 25.1 Å². The Kier molecular flexibility index (Phi) is 2.60. The second kappa shape index (κ2) is 4.19. The first-order valence-corrected chi connectivity index (χ1v) is 6.25. The molecule has 0 atom stereocenters. The lowest BCUT2D eigenvalue weighted by Crippen LogP contribution is -1.96. The predicted molar refractivity (Wildman–Crippen MR) is 76.6 cm³/mol. The second-order valence-electron chi connectivity index (χ2n) is 4.86. The monoisotopic (exact) mass is 270 g/mol. The summed E-state index contributed by atoms with van der Waals surface area (Å²) in [6.45, 7) is 3.65. The molecule has 6 nitrogen and oxygen atoms in total. The van der Waals surface area contributed by atoms with Gasteiger partial charge in [-0.25, -0.2) is 0 Å². The highest BCUT2D eigenvalue weighted by atomic mass is 16.6. The number of benzene rings is 1. The molecule has 6 heteroatoms. The minimum atomic E-state index is -0.366. The number of hydrogen-bond acceptors (Lipinski definition) is 3. The molecular weight excluding hydrogens is 256 g/mol. The van der Waals surface area contributed by atoms with Crippen LogP contribution >= 0.6 is 0 Å². The lowest BCUT2D eigenvalue weighted by atomic mass is 10.0. The Bertz CT molecular complexity index is 829. The molecule has 0 aliphatic carbocycles. The topological polar surface area (TPSA) is 76.8 Å². The summed E-state index contributed by atoms with van der Waals surface area (Å²) < 4.78 is 1.57. The second-order valence-corrected chi connectivity index (χ2v) is 4.86. The van der Waals surface area contributed by atoms with Crippen LogP contribution in [0.5, 0.6) is 0 Å². The summed E-state index contributed by atoms with van der Waals surface area (Å²) >= 11 is 0. The van der Waals surface area contributed by atoms with Crippen LogP contribution in [0.4, 0.5) is 5.69 Å².